The van der Waals surface area contributed by atoms with Crippen LogP contribution in [0.5, 0.6) is 5.75 Å². The molecule has 4 aromatic rings. The summed E-state index contributed by atoms with van der Waals surface area (Å²) in [5, 5.41) is 10.7. The fourth-order valence-corrected chi connectivity index (χ4v) is 5.95. The number of fused-ring (bicyclic) bond motifs is 2. The highest BCUT2D eigenvalue weighted by atomic mass is 32.2. The van der Waals surface area contributed by atoms with Crippen molar-refractivity contribution >= 4 is 48.3 Å². The third kappa shape index (κ3) is 3.44. The van der Waals surface area contributed by atoms with Gasteiger partial charge in [-0.3, -0.25) is 4.98 Å². The van der Waals surface area contributed by atoms with E-state index in [1.165, 1.54) is 7.11 Å². The maximum absolute atomic E-state index is 13.1. The minimum Gasteiger partial charge on any atom is -0.496 e. The predicted octanol–water partition coefficient (Wildman–Crippen LogP) is 3.63. The summed E-state index contributed by atoms with van der Waals surface area (Å²) in [6.07, 6.45) is 1.62. The van der Waals surface area contributed by atoms with Gasteiger partial charge in [0.1, 0.15) is 15.5 Å². The van der Waals surface area contributed by atoms with Crippen molar-refractivity contribution in [3.63, 3.8) is 0 Å². The Bertz CT molecular complexity index is 1350. The number of rotatable bonds is 6. The largest absolute Gasteiger partial charge is 0.496 e. The van der Waals surface area contributed by atoms with Gasteiger partial charge in [-0.05, 0) is 24.3 Å². The fourth-order valence-electron chi connectivity index (χ4n) is 3.22. The average molecular weight is 428 g/mol. The van der Waals surface area contributed by atoms with Crippen LogP contribution in [0.15, 0.2) is 59.6 Å². The van der Waals surface area contributed by atoms with Gasteiger partial charge in [-0.25, -0.2) is 17.9 Å². The van der Waals surface area contributed by atoms with E-state index in [4.69, 9.17) is 4.74 Å². The lowest BCUT2D eigenvalue weighted by atomic mass is 10.1. The van der Waals surface area contributed by atoms with Crippen molar-refractivity contribution in [3.05, 3.63) is 65.2 Å². The number of ether oxygens (including phenoxy) is 1. The van der Waals surface area contributed by atoms with Crippen molar-refractivity contribution in [1.29, 1.82) is 0 Å². The molecule has 0 spiro atoms. The van der Waals surface area contributed by atoms with E-state index in [1.54, 1.807) is 42.6 Å². The maximum Gasteiger partial charge on any atom is 0.347 e. The lowest BCUT2D eigenvalue weighted by Gasteiger charge is -2.13. The number of benzene rings is 2. The summed E-state index contributed by atoms with van der Waals surface area (Å²) in [7, 11) is -2.62. The molecule has 2 heterocycles. The van der Waals surface area contributed by atoms with Crippen LogP contribution in [0.1, 0.15) is 15.2 Å². The second-order valence-electron chi connectivity index (χ2n) is 6.21. The number of carboxylic acids is 1. The molecule has 7 nitrogen and oxygen atoms in total. The quantitative estimate of drug-likeness (QED) is 0.486. The van der Waals surface area contributed by atoms with Crippen LogP contribution in [0.2, 0.25) is 0 Å². The highest BCUT2D eigenvalue weighted by Crippen LogP contribution is 2.35. The van der Waals surface area contributed by atoms with E-state index < -0.39 is 16.0 Å². The minimum absolute atomic E-state index is 0.0942. The molecule has 0 radical (unpaired) electrons. The molecule has 0 atom stereocenters. The molecule has 0 bridgehead atoms. The average Bonchev–Trinajstić information content (AvgIpc) is 3.13. The number of aromatic carboxylic acids is 1. The summed E-state index contributed by atoms with van der Waals surface area (Å²) in [4.78, 5) is 15.6. The van der Waals surface area contributed by atoms with Crippen molar-refractivity contribution in [2.75, 3.05) is 7.11 Å². The van der Waals surface area contributed by atoms with E-state index in [0.29, 0.717) is 26.9 Å². The summed E-state index contributed by atoms with van der Waals surface area (Å²) in [5.41, 5.74) is 1.19. The molecule has 29 heavy (non-hydrogen) atoms. The third-order valence-electron chi connectivity index (χ3n) is 4.51. The zero-order valence-electron chi connectivity index (χ0n) is 15.2. The number of methoxy groups -OCH3 is 1. The van der Waals surface area contributed by atoms with E-state index in [2.05, 4.69) is 9.71 Å². The number of pyridine rings is 1. The van der Waals surface area contributed by atoms with Crippen LogP contribution in [0.4, 0.5) is 0 Å². The Morgan fingerprint density at radius 3 is 2.72 bits per heavy atom. The van der Waals surface area contributed by atoms with E-state index in [-0.39, 0.29) is 16.3 Å². The van der Waals surface area contributed by atoms with Gasteiger partial charge in [-0.15, -0.1) is 11.3 Å². The number of hydrogen-bond donors (Lipinski definition) is 2. The van der Waals surface area contributed by atoms with Crippen molar-refractivity contribution in [1.82, 2.24) is 9.71 Å². The highest BCUT2D eigenvalue weighted by Gasteiger charge is 2.28. The molecule has 2 aromatic heterocycles. The van der Waals surface area contributed by atoms with Gasteiger partial charge in [0.05, 0.1) is 12.6 Å². The van der Waals surface area contributed by atoms with Gasteiger partial charge in [-0.1, -0.05) is 24.3 Å². The first-order chi connectivity index (χ1) is 13.9. The molecule has 0 aliphatic carbocycles. The normalized spacial score (nSPS) is 11.8. The third-order valence-corrected chi connectivity index (χ3v) is 7.28. The first kappa shape index (κ1) is 19.3. The first-order valence-corrected chi connectivity index (χ1v) is 10.9. The number of thiophene rings is 1. The Morgan fingerprint density at radius 1 is 1.17 bits per heavy atom. The van der Waals surface area contributed by atoms with Crippen molar-refractivity contribution in [2.24, 2.45) is 0 Å². The molecule has 9 heteroatoms. The number of carbonyl (C=O) groups is 1. The van der Waals surface area contributed by atoms with E-state index in [9.17, 15) is 18.3 Å². The molecule has 0 unspecified atom stereocenters. The van der Waals surface area contributed by atoms with Gasteiger partial charge in [0, 0.05) is 33.8 Å². The second kappa shape index (κ2) is 7.43. The number of nitrogens with zero attached hydrogens (tertiary/aromatic N) is 1. The molecular formula is C20H16N2O5S2. The summed E-state index contributed by atoms with van der Waals surface area (Å²) in [6, 6.07) is 14.0. The van der Waals surface area contributed by atoms with Gasteiger partial charge in [0.2, 0.25) is 10.0 Å². The molecule has 0 aliphatic rings. The van der Waals surface area contributed by atoms with Crippen LogP contribution >= 0.6 is 11.3 Å². The Morgan fingerprint density at radius 2 is 1.97 bits per heavy atom. The molecule has 4 rings (SSSR count). The zero-order valence-corrected chi connectivity index (χ0v) is 16.9. The van der Waals surface area contributed by atoms with Crippen LogP contribution in [-0.2, 0) is 16.6 Å². The van der Waals surface area contributed by atoms with Crippen LogP contribution in [-0.4, -0.2) is 31.6 Å². The van der Waals surface area contributed by atoms with Gasteiger partial charge >= 0.3 is 5.97 Å². The molecule has 0 amide bonds. The van der Waals surface area contributed by atoms with Gasteiger partial charge < -0.3 is 9.84 Å². The van der Waals surface area contributed by atoms with Crippen molar-refractivity contribution in [2.45, 2.75) is 11.4 Å². The van der Waals surface area contributed by atoms with Crippen molar-refractivity contribution < 1.29 is 23.1 Å². The molecule has 0 aliphatic heterocycles. The lowest BCUT2D eigenvalue weighted by Crippen LogP contribution is -2.25. The Balaban J connectivity index is 1.79. The maximum atomic E-state index is 13.1. The molecule has 2 N–H and O–H groups in total. The van der Waals surface area contributed by atoms with Gasteiger partial charge in [0.15, 0.2) is 0 Å². The van der Waals surface area contributed by atoms with Gasteiger partial charge in [-0.2, -0.15) is 0 Å². The lowest BCUT2D eigenvalue weighted by molar-refractivity contribution is 0.0698. The fraction of sp³-hybridized carbons (Fsp3) is 0.100. The number of aromatic nitrogens is 1. The number of nitrogens with one attached hydrogen (secondary N) is 1. The SMILES string of the molecule is COc1ccc2cccnc2c1CNS(=O)(=O)c1c(C(=O)O)sc2ccccc12. The Hall–Kier alpha value is -3.01. The molecule has 0 saturated heterocycles. The number of hydrogen-bond acceptors (Lipinski definition) is 6. The topological polar surface area (TPSA) is 106 Å². The minimum atomic E-state index is -4.11. The molecule has 2 aromatic carbocycles. The summed E-state index contributed by atoms with van der Waals surface area (Å²) in [6.45, 7) is -0.0942. The van der Waals surface area contributed by atoms with Crippen LogP contribution in [0, 0.1) is 0 Å². The van der Waals surface area contributed by atoms with Crippen LogP contribution in [0.3, 0.4) is 0 Å². The smallest absolute Gasteiger partial charge is 0.347 e. The first-order valence-electron chi connectivity index (χ1n) is 8.57. The summed E-state index contributed by atoms with van der Waals surface area (Å²) < 4.78 is 34.7. The number of carboxylic acid groups (broad SMARTS) is 1. The molecule has 148 valence electrons. The van der Waals surface area contributed by atoms with Crippen LogP contribution < -0.4 is 9.46 Å². The molecule has 0 fully saturated rings. The van der Waals surface area contributed by atoms with Crippen molar-refractivity contribution in [3.8, 4) is 5.75 Å². The zero-order chi connectivity index (χ0) is 20.6. The Kier molecular flexibility index (Phi) is 4.95. The number of sulfonamides is 1. The Labute approximate surface area is 170 Å². The standard InChI is InChI=1S/C20H16N2O5S2/c1-27-15-9-8-12-5-4-10-21-17(12)14(15)11-22-29(25,26)19-13-6-2-3-7-16(13)28-18(19)20(23)24/h2-10,22H,11H2,1H3,(H,23,24). The predicted molar refractivity (Wildman–Crippen MR) is 111 cm³/mol. The van der Waals surface area contributed by atoms with E-state index >= 15 is 0 Å². The highest BCUT2D eigenvalue weighted by molar-refractivity contribution is 7.90. The van der Waals surface area contributed by atoms with Gasteiger partial charge in [0.25, 0.3) is 0 Å². The molecular weight excluding hydrogens is 412 g/mol. The molecule has 0 saturated carbocycles. The second-order valence-corrected chi connectivity index (χ2v) is 8.96. The van der Waals surface area contributed by atoms with Crippen LogP contribution in [0.25, 0.3) is 21.0 Å². The van der Waals surface area contributed by atoms with E-state index in [0.717, 1.165) is 16.7 Å². The summed E-state index contributed by atoms with van der Waals surface area (Å²) in [5.74, 6) is -0.788. The summed E-state index contributed by atoms with van der Waals surface area (Å²) >= 11 is 0.935. The van der Waals surface area contributed by atoms with E-state index in [1.807, 2.05) is 12.1 Å². The monoisotopic (exact) mass is 428 g/mol.